The van der Waals surface area contributed by atoms with E-state index in [1.807, 2.05) is 44.2 Å². The van der Waals surface area contributed by atoms with Gasteiger partial charge >= 0.3 is 0 Å². The van der Waals surface area contributed by atoms with Gasteiger partial charge in [-0.05, 0) is 55.3 Å². The topological polar surface area (TPSA) is 86.8 Å². The van der Waals surface area contributed by atoms with E-state index in [1.165, 1.54) is 17.0 Å². The minimum Gasteiger partial charge on any atom is -0.352 e. The van der Waals surface area contributed by atoms with Crippen molar-refractivity contribution in [3.63, 3.8) is 0 Å². The van der Waals surface area contributed by atoms with Gasteiger partial charge in [-0.1, -0.05) is 102 Å². The molecule has 0 bridgehead atoms. The van der Waals surface area contributed by atoms with Gasteiger partial charge in [0.05, 0.1) is 15.6 Å². The Morgan fingerprint density at radius 1 is 0.767 bits per heavy atom. The highest BCUT2D eigenvalue weighted by Gasteiger charge is 2.35. The van der Waals surface area contributed by atoms with Gasteiger partial charge in [-0.2, -0.15) is 0 Å². The molecule has 0 aliphatic carbocycles. The minimum absolute atomic E-state index is 0.00115. The van der Waals surface area contributed by atoms with Crippen LogP contribution in [0.15, 0.2) is 114 Å². The Kier molecular flexibility index (Phi) is 10.9. The van der Waals surface area contributed by atoms with Gasteiger partial charge in [-0.25, -0.2) is 8.42 Å². The maximum absolute atomic E-state index is 14.4. The summed E-state index contributed by atoms with van der Waals surface area (Å²) in [5, 5.41) is 3.51. The van der Waals surface area contributed by atoms with Crippen LogP contribution in [-0.4, -0.2) is 43.8 Å². The Balaban J connectivity index is 1.82. The first-order chi connectivity index (χ1) is 20.6. The average Bonchev–Trinajstić information content (AvgIpc) is 2.99. The van der Waals surface area contributed by atoms with Crippen LogP contribution < -0.4 is 9.62 Å². The largest absolute Gasteiger partial charge is 0.352 e. The van der Waals surface area contributed by atoms with E-state index in [4.69, 9.17) is 23.2 Å². The summed E-state index contributed by atoms with van der Waals surface area (Å²) in [6.45, 7) is 3.04. The molecular weight excluding hydrogens is 605 g/mol. The summed E-state index contributed by atoms with van der Waals surface area (Å²) in [6.07, 6.45) is 0.202. The van der Waals surface area contributed by atoms with Gasteiger partial charge in [0, 0.05) is 24.0 Å². The van der Waals surface area contributed by atoms with E-state index in [0.29, 0.717) is 10.6 Å². The number of para-hydroxylation sites is 1. The van der Waals surface area contributed by atoms with Crippen LogP contribution in [0.3, 0.4) is 0 Å². The van der Waals surface area contributed by atoms with E-state index in [-0.39, 0.29) is 40.5 Å². The van der Waals surface area contributed by atoms with Crippen LogP contribution in [-0.2, 0) is 32.6 Å². The lowest BCUT2D eigenvalue weighted by molar-refractivity contribution is -0.140. The fourth-order valence-electron chi connectivity index (χ4n) is 4.63. The van der Waals surface area contributed by atoms with Gasteiger partial charge in [0.2, 0.25) is 11.8 Å². The van der Waals surface area contributed by atoms with Crippen molar-refractivity contribution in [2.75, 3.05) is 10.8 Å². The van der Waals surface area contributed by atoms with Crippen molar-refractivity contribution in [3.05, 3.63) is 130 Å². The molecule has 0 spiro atoms. The highest BCUT2D eigenvalue weighted by molar-refractivity contribution is 7.92. The number of sulfonamides is 1. The maximum Gasteiger partial charge on any atom is 0.264 e. The zero-order chi connectivity index (χ0) is 31.0. The lowest BCUT2D eigenvalue weighted by atomic mass is 10.0. The third kappa shape index (κ3) is 8.16. The molecule has 0 unspecified atom stereocenters. The summed E-state index contributed by atoms with van der Waals surface area (Å²) in [4.78, 5) is 29.5. The number of nitrogens with one attached hydrogen (secondary N) is 1. The van der Waals surface area contributed by atoms with Crippen LogP contribution in [0, 0.1) is 0 Å². The molecule has 0 fully saturated rings. The zero-order valence-electron chi connectivity index (χ0n) is 23.9. The molecule has 1 N–H and O–H groups in total. The number of amides is 2. The van der Waals surface area contributed by atoms with Gasteiger partial charge in [-0.15, -0.1) is 0 Å². The van der Waals surface area contributed by atoms with E-state index in [1.54, 1.807) is 66.7 Å². The summed E-state index contributed by atoms with van der Waals surface area (Å²) >= 11 is 13.0. The molecule has 10 heteroatoms. The van der Waals surface area contributed by atoms with E-state index < -0.39 is 28.5 Å². The fourth-order valence-corrected chi connectivity index (χ4v) is 6.57. The number of nitrogens with zero attached hydrogens (tertiary/aromatic N) is 2. The number of rotatable bonds is 12. The molecule has 4 aromatic rings. The van der Waals surface area contributed by atoms with Crippen molar-refractivity contribution in [2.45, 2.75) is 43.8 Å². The summed E-state index contributed by atoms with van der Waals surface area (Å²) in [7, 11) is -4.24. The number of benzene rings is 4. The Morgan fingerprint density at radius 3 is 1.93 bits per heavy atom. The number of carbonyl (C=O) groups is 2. The standard InChI is InChI=1S/C33H33Cl2N3O4S/c1-24(2)36-33(40)31(21-25-13-5-3-6-14-25)37(22-26-15-9-10-18-28(26)34)32(39)23-38(30-20-12-11-19-29(30)35)43(41,42)27-16-7-4-8-17-27/h3-20,24,31H,21-23H2,1-2H3,(H,36,40)/t31-/m0/s1. The number of hydrogen-bond donors (Lipinski definition) is 1. The fraction of sp³-hybridized carbons (Fsp3) is 0.212. The highest BCUT2D eigenvalue weighted by atomic mass is 35.5. The van der Waals surface area contributed by atoms with Crippen molar-refractivity contribution >= 4 is 50.7 Å². The molecule has 7 nitrogen and oxygen atoms in total. The van der Waals surface area contributed by atoms with E-state index in [0.717, 1.165) is 9.87 Å². The summed E-state index contributed by atoms with van der Waals surface area (Å²) in [5.41, 5.74) is 1.59. The van der Waals surface area contributed by atoms with Crippen molar-refractivity contribution < 1.29 is 18.0 Å². The molecule has 43 heavy (non-hydrogen) atoms. The number of carbonyl (C=O) groups excluding carboxylic acids is 2. The van der Waals surface area contributed by atoms with Crippen LogP contribution in [0.25, 0.3) is 0 Å². The van der Waals surface area contributed by atoms with E-state index >= 15 is 0 Å². The monoisotopic (exact) mass is 637 g/mol. The zero-order valence-corrected chi connectivity index (χ0v) is 26.2. The molecule has 224 valence electrons. The summed E-state index contributed by atoms with van der Waals surface area (Å²) in [5.74, 6) is -0.964. The van der Waals surface area contributed by atoms with E-state index in [9.17, 15) is 18.0 Å². The molecule has 2 amide bonds. The van der Waals surface area contributed by atoms with Crippen molar-refractivity contribution in [1.29, 1.82) is 0 Å². The maximum atomic E-state index is 14.4. The molecule has 4 rings (SSSR count). The van der Waals surface area contributed by atoms with E-state index in [2.05, 4.69) is 5.32 Å². The molecule has 0 saturated heterocycles. The van der Waals surface area contributed by atoms with Crippen LogP contribution >= 0.6 is 23.2 Å². The third-order valence-electron chi connectivity index (χ3n) is 6.73. The molecule has 1 atom stereocenters. The predicted octanol–water partition coefficient (Wildman–Crippen LogP) is 6.35. The SMILES string of the molecule is CC(C)NC(=O)[C@H](Cc1ccccc1)N(Cc1ccccc1Cl)C(=O)CN(c1ccccc1Cl)S(=O)(=O)c1ccccc1. The number of anilines is 1. The summed E-state index contributed by atoms with van der Waals surface area (Å²) < 4.78 is 29.0. The first-order valence-electron chi connectivity index (χ1n) is 13.8. The molecule has 0 heterocycles. The average molecular weight is 639 g/mol. The lowest BCUT2D eigenvalue weighted by Crippen LogP contribution is -2.54. The molecular formula is C33H33Cl2N3O4S. The molecule has 0 aromatic heterocycles. The smallest absolute Gasteiger partial charge is 0.264 e. The van der Waals surface area contributed by atoms with Crippen LogP contribution in [0.4, 0.5) is 5.69 Å². The molecule has 0 aliphatic heterocycles. The lowest BCUT2D eigenvalue weighted by Gasteiger charge is -2.34. The van der Waals surface area contributed by atoms with Gasteiger partial charge in [-0.3, -0.25) is 13.9 Å². The van der Waals surface area contributed by atoms with Gasteiger partial charge in [0.15, 0.2) is 0 Å². The van der Waals surface area contributed by atoms with Crippen LogP contribution in [0.2, 0.25) is 10.0 Å². The Bertz CT molecular complexity index is 1650. The van der Waals surface area contributed by atoms with Crippen molar-refractivity contribution in [1.82, 2.24) is 10.2 Å². The number of halogens is 2. The third-order valence-corrected chi connectivity index (χ3v) is 9.19. The minimum atomic E-state index is -4.24. The van der Waals surface area contributed by atoms with Crippen molar-refractivity contribution in [2.24, 2.45) is 0 Å². The second kappa shape index (κ2) is 14.6. The Labute approximate surface area is 263 Å². The number of hydrogen-bond acceptors (Lipinski definition) is 4. The molecule has 4 aromatic carbocycles. The summed E-state index contributed by atoms with van der Waals surface area (Å²) in [6, 6.07) is 29.5. The van der Waals surface area contributed by atoms with Crippen LogP contribution in [0.5, 0.6) is 0 Å². The second-order valence-electron chi connectivity index (χ2n) is 10.3. The van der Waals surface area contributed by atoms with Crippen LogP contribution in [0.1, 0.15) is 25.0 Å². The van der Waals surface area contributed by atoms with Crippen molar-refractivity contribution in [3.8, 4) is 0 Å². The van der Waals surface area contributed by atoms with Gasteiger partial charge in [0.1, 0.15) is 12.6 Å². The predicted molar refractivity (Wildman–Crippen MR) is 172 cm³/mol. The second-order valence-corrected chi connectivity index (χ2v) is 12.9. The normalized spacial score (nSPS) is 12.0. The Morgan fingerprint density at radius 2 is 1.33 bits per heavy atom. The highest BCUT2D eigenvalue weighted by Crippen LogP contribution is 2.31. The van der Waals surface area contributed by atoms with Gasteiger partial charge in [0.25, 0.3) is 10.0 Å². The first kappa shape index (κ1) is 32.1. The first-order valence-corrected chi connectivity index (χ1v) is 16.0. The van der Waals surface area contributed by atoms with Gasteiger partial charge < -0.3 is 10.2 Å². The molecule has 0 radical (unpaired) electrons. The Hall–Kier alpha value is -3.85. The molecule has 0 aliphatic rings. The quantitative estimate of drug-likeness (QED) is 0.196. The molecule has 0 saturated carbocycles.